The van der Waals surface area contributed by atoms with Crippen molar-refractivity contribution >= 4 is 12.6 Å². The average Bonchev–Trinajstić information content (AvgIpc) is 2.00. The van der Waals surface area contributed by atoms with E-state index in [9.17, 15) is 0 Å². The lowest BCUT2D eigenvalue weighted by Crippen LogP contribution is -2.30. The Morgan fingerprint density at radius 2 is 2.08 bits per heavy atom. The lowest BCUT2D eigenvalue weighted by molar-refractivity contribution is 0.264. The molecule has 2 nitrogen and oxygen atoms in total. The summed E-state index contributed by atoms with van der Waals surface area (Å²) in [7, 11) is 0. The van der Waals surface area contributed by atoms with E-state index in [1.165, 1.54) is 0 Å². The van der Waals surface area contributed by atoms with E-state index in [0.29, 0.717) is 12.3 Å². The van der Waals surface area contributed by atoms with E-state index < -0.39 is 0 Å². The summed E-state index contributed by atoms with van der Waals surface area (Å²) in [5.74, 6) is 1.54. The van der Waals surface area contributed by atoms with Gasteiger partial charge in [0.25, 0.3) is 0 Å². The Morgan fingerprint density at radius 1 is 1.42 bits per heavy atom. The summed E-state index contributed by atoms with van der Waals surface area (Å²) < 4.78 is 0. The molecule has 0 saturated carbocycles. The molecule has 0 amide bonds. The second-order valence-electron chi connectivity index (χ2n) is 3.33. The molecule has 0 aliphatic rings. The molecule has 0 aromatic heterocycles. The number of nitrogens with zero attached hydrogens (tertiary/aromatic N) is 2. The molecule has 3 heteroatoms. The van der Waals surface area contributed by atoms with Gasteiger partial charge in [0.1, 0.15) is 0 Å². The first kappa shape index (κ1) is 11.8. The molecule has 0 radical (unpaired) electrons. The molecular weight excluding hydrogens is 168 g/mol. The maximum Gasteiger partial charge on any atom is 0.0635 e. The van der Waals surface area contributed by atoms with Gasteiger partial charge in [0.15, 0.2) is 0 Å². The fourth-order valence-electron chi connectivity index (χ4n) is 1.16. The van der Waals surface area contributed by atoms with Crippen LogP contribution in [0.25, 0.3) is 0 Å². The SMILES string of the molecule is CC(C)CN(CCS)CCC#N. The second-order valence-corrected chi connectivity index (χ2v) is 3.77. The summed E-state index contributed by atoms with van der Waals surface area (Å²) in [6, 6.07) is 2.16. The molecule has 0 aliphatic heterocycles. The molecule has 0 bridgehead atoms. The van der Waals surface area contributed by atoms with Crippen LogP contribution in [0.3, 0.4) is 0 Å². The van der Waals surface area contributed by atoms with E-state index in [2.05, 4.69) is 37.4 Å². The van der Waals surface area contributed by atoms with E-state index >= 15 is 0 Å². The molecule has 0 rings (SSSR count). The molecule has 0 aromatic rings. The summed E-state index contributed by atoms with van der Waals surface area (Å²) in [6.07, 6.45) is 0.625. The van der Waals surface area contributed by atoms with Gasteiger partial charge in [-0.1, -0.05) is 13.8 Å². The van der Waals surface area contributed by atoms with Crippen molar-refractivity contribution in [3.8, 4) is 6.07 Å². The van der Waals surface area contributed by atoms with Gasteiger partial charge in [0.2, 0.25) is 0 Å². The van der Waals surface area contributed by atoms with Crippen LogP contribution >= 0.6 is 12.6 Å². The molecule has 70 valence electrons. The maximum absolute atomic E-state index is 8.42. The Labute approximate surface area is 81.0 Å². The Hall–Kier alpha value is -0.200. The minimum atomic E-state index is 0.625. The molecule has 0 aliphatic carbocycles. The van der Waals surface area contributed by atoms with Gasteiger partial charge in [-0.2, -0.15) is 17.9 Å². The number of rotatable bonds is 6. The zero-order chi connectivity index (χ0) is 9.40. The lowest BCUT2D eigenvalue weighted by atomic mass is 10.2. The van der Waals surface area contributed by atoms with E-state index in [-0.39, 0.29) is 0 Å². The van der Waals surface area contributed by atoms with E-state index in [0.717, 1.165) is 25.4 Å². The monoisotopic (exact) mass is 186 g/mol. The summed E-state index contributed by atoms with van der Waals surface area (Å²) in [4.78, 5) is 2.29. The summed E-state index contributed by atoms with van der Waals surface area (Å²) in [6.45, 7) is 7.33. The predicted molar refractivity (Wildman–Crippen MR) is 55.4 cm³/mol. The van der Waals surface area contributed by atoms with Gasteiger partial charge in [0.05, 0.1) is 6.07 Å². The van der Waals surface area contributed by atoms with Gasteiger partial charge in [-0.3, -0.25) is 0 Å². The topological polar surface area (TPSA) is 27.0 Å². The first-order valence-electron chi connectivity index (χ1n) is 4.41. The molecule has 0 N–H and O–H groups in total. The van der Waals surface area contributed by atoms with Crippen molar-refractivity contribution in [3.63, 3.8) is 0 Å². The van der Waals surface area contributed by atoms with Crippen LogP contribution in [0, 0.1) is 17.2 Å². The summed E-state index contributed by atoms with van der Waals surface area (Å²) in [5.41, 5.74) is 0. The average molecular weight is 186 g/mol. The molecule has 0 spiro atoms. The second kappa shape index (κ2) is 7.45. The fourth-order valence-corrected chi connectivity index (χ4v) is 1.44. The Kier molecular flexibility index (Phi) is 7.33. The zero-order valence-electron chi connectivity index (χ0n) is 7.95. The molecule has 0 heterocycles. The van der Waals surface area contributed by atoms with Gasteiger partial charge in [-0.05, 0) is 5.92 Å². The predicted octanol–water partition coefficient (Wildman–Crippen LogP) is 1.79. The first-order chi connectivity index (χ1) is 5.70. The van der Waals surface area contributed by atoms with Crippen molar-refractivity contribution in [1.29, 1.82) is 5.26 Å². The maximum atomic E-state index is 8.42. The largest absolute Gasteiger partial charge is 0.301 e. The molecule has 0 aromatic carbocycles. The molecule has 12 heavy (non-hydrogen) atoms. The normalized spacial score (nSPS) is 10.7. The van der Waals surface area contributed by atoms with Crippen molar-refractivity contribution in [3.05, 3.63) is 0 Å². The third-order valence-corrected chi connectivity index (χ3v) is 1.78. The van der Waals surface area contributed by atoms with E-state index in [4.69, 9.17) is 5.26 Å². The van der Waals surface area contributed by atoms with Gasteiger partial charge in [-0.25, -0.2) is 0 Å². The van der Waals surface area contributed by atoms with Crippen LogP contribution < -0.4 is 0 Å². The van der Waals surface area contributed by atoms with Crippen molar-refractivity contribution in [2.75, 3.05) is 25.4 Å². The molecular formula is C9H18N2S. The van der Waals surface area contributed by atoms with Crippen LogP contribution in [0.4, 0.5) is 0 Å². The fraction of sp³-hybridized carbons (Fsp3) is 0.889. The molecule has 0 unspecified atom stereocenters. The van der Waals surface area contributed by atoms with Crippen LogP contribution in [0.1, 0.15) is 20.3 Å². The van der Waals surface area contributed by atoms with Crippen molar-refractivity contribution < 1.29 is 0 Å². The Morgan fingerprint density at radius 3 is 2.50 bits per heavy atom. The van der Waals surface area contributed by atoms with Crippen LogP contribution in [0.5, 0.6) is 0 Å². The van der Waals surface area contributed by atoms with Gasteiger partial charge in [0, 0.05) is 31.8 Å². The molecule has 0 fully saturated rings. The van der Waals surface area contributed by atoms with Crippen molar-refractivity contribution in [2.24, 2.45) is 5.92 Å². The summed E-state index contributed by atoms with van der Waals surface area (Å²) >= 11 is 4.18. The first-order valence-corrected chi connectivity index (χ1v) is 5.04. The molecule has 0 atom stereocenters. The zero-order valence-corrected chi connectivity index (χ0v) is 8.85. The highest BCUT2D eigenvalue weighted by Crippen LogP contribution is 1.99. The quantitative estimate of drug-likeness (QED) is 0.640. The minimum Gasteiger partial charge on any atom is -0.301 e. The Balaban J connectivity index is 3.63. The van der Waals surface area contributed by atoms with Crippen molar-refractivity contribution in [2.45, 2.75) is 20.3 Å². The number of nitriles is 1. The smallest absolute Gasteiger partial charge is 0.0635 e. The third kappa shape index (κ3) is 6.51. The standard InChI is InChI=1S/C9H18N2S/c1-9(2)8-11(6-7-12)5-3-4-10/h9,12H,3,5-8H2,1-2H3. The van der Waals surface area contributed by atoms with Gasteiger partial charge < -0.3 is 4.90 Å². The molecule has 0 saturated heterocycles. The third-order valence-electron chi connectivity index (χ3n) is 1.58. The van der Waals surface area contributed by atoms with Gasteiger partial charge >= 0.3 is 0 Å². The number of thiol groups is 1. The van der Waals surface area contributed by atoms with Crippen LogP contribution in [-0.2, 0) is 0 Å². The Bertz CT molecular complexity index is 140. The summed E-state index contributed by atoms with van der Waals surface area (Å²) in [5, 5.41) is 8.42. The van der Waals surface area contributed by atoms with E-state index in [1.807, 2.05) is 0 Å². The highest BCUT2D eigenvalue weighted by atomic mass is 32.1. The van der Waals surface area contributed by atoms with Crippen LogP contribution in [-0.4, -0.2) is 30.3 Å². The highest BCUT2D eigenvalue weighted by Gasteiger charge is 2.04. The van der Waals surface area contributed by atoms with Crippen molar-refractivity contribution in [1.82, 2.24) is 4.90 Å². The van der Waals surface area contributed by atoms with E-state index in [1.54, 1.807) is 0 Å². The number of hydrogen-bond donors (Lipinski definition) is 1. The van der Waals surface area contributed by atoms with Crippen LogP contribution in [0.15, 0.2) is 0 Å². The number of hydrogen-bond acceptors (Lipinski definition) is 3. The lowest BCUT2D eigenvalue weighted by Gasteiger charge is -2.21. The van der Waals surface area contributed by atoms with Crippen LogP contribution in [0.2, 0.25) is 0 Å². The minimum absolute atomic E-state index is 0.625. The highest BCUT2D eigenvalue weighted by molar-refractivity contribution is 7.80. The van der Waals surface area contributed by atoms with Gasteiger partial charge in [-0.15, -0.1) is 0 Å².